The molecule has 1 saturated heterocycles. The molecular formula is C15H18ClN3O2. The zero-order valence-electron chi connectivity index (χ0n) is 11.6. The fourth-order valence-corrected chi connectivity index (χ4v) is 2.90. The van der Waals surface area contributed by atoms with E-state index in [0.29, 0.717) is 24.5 Å². The van der Waals surface area contributed by atoms with Crippen molar-refractivity contribution < 1.29 is 10.2 Å². The predicted molar refractivity (Wildman–Crippen MR) is 80.5 cm³/mol. The number of β-amino-alcohol motifs (C(OH)–C–C–N with tert-alkyl or cyclic N) is 1. The van der Waals surface area contributed by atoms with Crippen LogP contribution in [0.15, 0.2) is 36.7 Å². The third kappa shape index (κ3) is 3.11. The minimum atomic E-state index is -0.960. The highest BCUT2D eigenvalue weighted by molar-refractivity contribution is 6.32. The van der Waals surface area contributed by atoms with Gasteiger partial charge < -0.3 is 10.2 Å². The van der Waals surface area contributed by atoms with Gasteiger partial charge in [-0.2, -0.15) is 5.10 Å². The molecule has 0 unspecified atom stereocenters. The van der Waals surface area contributed by atoms with Gasteiger partial charge in [-0.15, -0.1) is 0 Å². The first-order valence-electron chi connectivity index (χ1n) is 6.94. The molecule has 1 aromatic carbocycles. The van der Waals surface area contributed by atoms with Crippen LogP contribution in [0.25, 0.3) is 5.69 Å². The second kappa shape index (κ2) is 5.77. The van der Waals surface area contributed by atoms with E-state index >= 15 is 0 Å². The Balaban J connectivity index is 1.71. The number of para-hydroxylation sites is 1. The van der Waals surface area contributed by atoms with Crippen LogP contribution in [-0.2, 0) is 6.54 Å². The molecule has 0 radical (unpaired) electrons. The molecule has 1 aromatic heterocycles. The summed E-state index contributed by atoms with van der Waals surface area (Å²) in [5, 5.41) is 24.2. The molecule has 6 heteroatoms. The number of aromatic nitrogens is 2. The molecule has 1 atom stereocenters. The molecule has 0 spiro atoms. The number of rotatable bonds is 4. The predicted octanol–water partition coefficient (Wildman–Crippen LogP) is 1.45. The van der Waals surface area contributed by atoms with Crippen molar-refractivity contribution in [2.45, 2.75) is 18.6 Å². The Labute approximate surface area is 128 Å². The first kappa shape index (κ1) is 14.5. The van der Waals surface area contributed by atoms with Crippen LogP contribution in [0.1, 0.15) is 12.0 Å². The summed E-state index contributed by atoms with van der Waals surface area (Å²) in [6.45, 7) is 1.77. The van der Waals surface area contributed by atoms with E-state index in [9.17, 15) is 10.2 Å². The summed E-state index contributed by atoms with van der Waals surface area (Å²) in [6, 6.07) is 7.56. The summed E-state index contributed by atoms with van der Waals surface area (Å²) in [7, 11) is 0. The van der Waals surface area contributed by atoms with Crippen LogP contribution in [0, 0.1) is 0 Å². The van der Waals surface area contributed by atoms with E-state index in [2.05, 4.69) is 10.00 Å². The Hall–Kier alpha value is -1.40. The highest BCUT2D eigenvalue weighted by atomic mass is 35.5. The lowest BCUT2D eigenvalue weighted by molar-refractivity contribution is -0.00580. The van der Waals surface area contributed by atoms with Crippen molar-refractivity contribution in [3.8, 4) is 5.69 Å². The van der Waals surface area contributed by atoms with Crippen molar-refractivity contribution >= 4 is 11.6 Å². The van der Waals surface area contributed by atoms with Crippen LogP contribution in [0.3, 0.4) is 0 Å². The van der Waals surface area contributed by atoms with E-state index in [0.717, 1.165) is 17.8 Å². The van der Waals surface area contributed by atoms with Crippen molar-refractivity contribution in [2.24, 2.45) is 0 Å². The van der Waals surface area contributed by atoms with Gasteiger partial charge in [-0.1, -0.05) is 23.7 Å². The first-order valence-corrected chi connectivity index (χ1v) is 7.31. The standard InChI is InChI=1S/C15H18ClN3O2/c16-13-3-1-2-4-14(13)19-9-12(7-17-19)8-18-6-5-15(21,10-18)11-20/h1-4,7,9,20-21H,5-6,8,10-11H2/t15-/m1/s1. The molecule has 3 rings (SSSR count). The third-order valence-electron chi connectivity index (χ3n) is 3.85. The van der Waals surface area contributed by atoms with Gasteiger partial charge >= 0.3 is 0 Å². The summed E-state index contributed by atoms with van der Waals surface area (Å²) < 4.78 is 1.76. The quantitative estimate of drug-likeness (QED) is 0.897. The van der Waals surface area contributed by atoms with E-state index in [1.807, 2.05) is 30.5 Å². The second-order valence-electron chi connectivity index (χ2n) is 5.59. The first-order chi connectivity index (χ1) is 10.1. The van der Waals surface area contributed by atoms with Gasteiger partial charge in [-0.3, -0.25) is 4.90 Å². The van der Waals surface area contributed by atoms with Gasteiger partial charge in [0.15, 0.2) is 0 Å². The zero-order chi connectivity index (χ0) is 14.9. The normalized spacial score (nSPS) is 22.8. The van der Waals surface area contributed by atoms with E-state index in [-0.39, 0.29) is 6.61 Å². The van der Waals surface area contributed by atoms with Gasteiger partial charge in [0.2, 0.25) is 0 Å². The molecule has 1 aliphatic heterocycles. The Morgan fingerprint density at radius 2 is 2.14 bits per heavy atom. The van der Waals surface area contributed by atoms with Gasteiger partial charge in [0.05, 0.1) is 23.5 Å². The topological polar surface area (TPSA) is 61.5 Å². The van der Waals surface area contributed by atoms with Gasteiger partial charge in [-0.25, -0.2) is 4.68 Å². The lowest BCUT2D eigenvalue weighted by atomic mass is 10.1. The number of benzene rings is 1. The minimum Gasteiger partial charge on any atom is -0.393 e. The third-order valence-corrected chi connectivity index (χ3v) is 4.17. The molecule has 0 aliphatic carbocycles. The van der Waals surface area contributed by atoms with Crippen LogP contribution in [0.5, 0.6) is 0 Å². The molecule has 0 bridgehead atoms. The smallest absolute Gasteiger partial charge is 0.102 e. The van der Waals surface area contributed by atoms with E-state index in [4.69, 9.17) is 11.6 Å². The van der Waals surface area contributed by atoms with Crippen LogP contribution in [0.4, 0.5) is 0 Å². The lowest BCUT2D eigenvalue weighted by Gasteiger charge is -2.20. The maximum Gasteiger partial charge on any atom is 0.102 e. The van der Waals surface area contributed by atoms with Gasteiger partial charge in [-0.05, 0) is 18.6 Å². The number of halogens is 1. The summed E-state index contributed by atoms with van der Waals surface area (Å²) in [6.07, 6.45) is 4.35. The highest BCUT2D eigenvalue weighted by Gasteiger charge is 2.35. The van der Waals surface area contributed by atoms with Gasteiger partial charge in [0, 0.05) is 31.4 Å². The molecule has 2 aromatic rings. The van der Waals surface area contributed by atoms with Crippen molar-refractivity contribution in [3.05, 3.63) is 47.2 Å². The van der Waals surface area contributed by atoms with Crippen molar-refractivity contribution in [3.63, 3.8) is 0 Å². The number of hydrogen-bond acceptors (Lipinski definition) is 4. The Morgan fingerprint density at radius 3 is 2.86 bits per heavy atom. The second-order valence-corrected chi connectivity index (χ2v) is 5.99. The summed E-state index contributed by atoms with van der Waals surface area (Å²) in [4.78, 5) is 2.12. The number of hydrogen-bond donors (Lipinski definition) is 2. The molecule has 0 amide bonds. The molecule has 1 fully saturated rings. The number of nitrogens with zero attached hydrogens (tertiary/aromatic N) is 3. The molecule has 112 valence electrons. The molecular weight excluding hydrogens is 290 g/mol. The molecule has 0 saturated carbocycles. The zero-order valence-corrected chi connectivity index (χ0v) is 12.4. The van der Waals surface area contributed by atoms with E-state index < -0.39 is 5.60 Å². The lowest BCUT2D eigenvalue weighted by Crippen LogP contribution is -2.36. The monoisotopic (exact) mass is 307 g/mol. The fourth-order valence-electron chi connectivity index (χ4n) is 2.67. The SMILES string of the molecule is OC[C@@]1(O)CCN(Cc2cnn(-c3ccccc3Cl)c2)C1. The van der Waals surface area contributed by atoms with E-state index in [1.54, 1.807) is 10.9 Å². The molecule has 2 heterocycles. The molecule has 5 nitrogen and oxygen atoms in total. The number of likely N-dealkylation sites (tertiary alicyclic amines) is 1. The van der Waals surface area contributed by atoms with E-state index in [1.165, 1.54) is 0 Å². The van der Waals surface area contributed by atoms with Crippen LogP contribution in [0.2, 0.25) is 5.02 Å². The molecule has 21 heavy (non-hydrogen) atoms. The van der Waals surface area contributed by atoms with Crippen molar-refractivity contribution in [2.75, 3.05) is 19.7 Å². The minimum absolute atomic E-state index is 0.192. The van der Waals surface area contributed by atoms with Crippen LogP contribution in [-0.4, -0.2) is 50.2 Å². The van der Waals surface area contributed by atoms with Crippen molar-refractivity contribution in [1.82, 2.24) is 14.7 Å². The summed E-state index contributed by atoms with van der Waals surface area (Å²) in [5.41, 5.74) is 0.939. The summed E-state index contributed by atoms with van der Waals surface area (Å²) in [5.74, 6) is 0. The van der Waals surface area contributed by atoms with Gasteiger partial charge in [0.1, 0.15) is 5.60 Å². The number of aliphatic hydroxyl groups excluding tert-OH is 1. The maximum atomic E-state index is 10.0. The largest absolute Gasteiger partial charge is 0.393 e. The Bertz CT molecular complexity index is 631. The molecule has 1 aliphatic rings. The fraction of sp³-hybridized carbons (Fsp3) is 0.400. The maximum absolute atomic E-state index is 10.0. The highest BCUT2D eigenvalue weighted by Crippen LogP contribution is 2.23. The number of aliphatic hydroxyl groups is 2. The Morgan fingerprint density at radius 1 is 1.33 bits per heavy atom. The van der Waals surface area contributed by atoms with Crippen LogP contribution >= 0.6 is 11.6 Å². The summed E-state index contributed by atoms with van der Waals surface area (Å²) >= 11 is 6.16. The van der Waals surface area contributed by atoms with Crippen molar-refractivity contribution in [1.29, 1.82) is 0 Å². The van der Waals surface area contributed by atoms with Gasteiger partial charge in [0.25, 0.3) is 0 Å². The molecule has 2 N–H and O–H groups in total. The van der Waals surface area contributed by atoms with Crippen LogP contribution < -0.4 is 0 Å². The average molecular weight is 308 g/mol. The Kier molecular flexibility index (Phi) is 3.99. The average Bonchev–Trinajstić information content (AvgIpc) is 3.08.